The first kappa shape index (κ1) is 15.5. The second kappa shape index (κ2) is 6.53. The molecule has 19 heavy (non-hydrogen) atoms. The molecule has 0 atom stereocenters. The van der Waals surface area contributed by atoms with Crippen LogP contribution in [0.25, 0.3) is 0 Å². The normalized spacial score (nSPS) is 11.1. The highest BCUT2D eigenvalue weighted by Gasteiger charge is 2.19. The van der Waals surface area contributed by atoms with E-state index in [1.54, 1.807) is 30.0 Å². The van der Waals surface area contributed by atoms with Crippen molar-refractivity contribution >= 4 is 21.7 Å². The molecule has 0 fully saturated rings. The Morgan fingerprint density at radius 1 is 1.32 bits per heavy atom. The summed E-state index contributed by atoms with van der Waals surface area (Å²) in [6, 6.07) is 6.31. The monoisotopic (exact) mass is 286 g/mol. The van der Waals surface area contributed by atoms with E-state index in [1.807, 2.05) is 6.92 Å². The van der Waals surface area contributed by atoms with E-state index >= 15 is 0 Å². The van der Waals surface area contributed by atoms with Gasteiger partial charge in [0.15, 0.2) is 0 Å². The zero-order valence-corrected chi connectivity index (χ0v) is 11.8. The molecule has 7 heteroatoms. The Labute approximate surface area is 113 Å². The number of nitrogens with zero attached hydrogens (tertiary/aromatic N) is 1. The van der Waals surface area contributed by atoms with Crippen molar-refractivity contribution in [3.8, 4) is 0 Å². The molecule has 0 aromatic heterocycles. The van der Waals surface area contributed by atoms with Gasteiger partial charge in [-0.15, -0.1) is 0 Å². The third kappa shape index (κ3) is 4.22. The Bertz CT molecular complexity index is 542. The Kier molecular flexibility index (Phi) is 5.31. The highest BCUT2D eigenvalue weighted by molar-refractivity contribution is 7.89. The van der Waals surface area contributed by atoms with Gasteiger partial charge in [-0.2, -0.15) is 0 Å². The third-order valence-electron chi connectivity index (χ3n) is 2.52. The lowest BCUT2D eigenvalue weighted by molar-refractivity contribution is -0.141. The van der Waals surface area contributed by atoms with Crippen LogP contribution in [-0.2, 0) is 19.6 Å². The average molecular weight is 286 g/mol. The van der Waals surface area contributed by atoms with Crippen LogP contribution in [0.3, 0.4) is 0 Å². The van der Waals surface area contributed by atoms with E-state index in [0.29, 0.717) is 12.2 Å². The van der Waals surface area contributed by atoms with Crippen molar-refractivity contribution in [2.24, 2.45) is 5.14 Å². The molecule has 0 amide bonds. The molecule has 0 spiro atoms. The summed E-state index contributed by atoms with van der Waals surface area (Å²) in [7, 11) is -3.83. The molecule has 2 N–H and O–H groups in total. The molecule has 6 nitrogen and oxygen atoms in total. The van der Waals surface area contributed by atoms with Crippen molar-refractivity contribution in [2.75, 3.05) is 24.6 Å². The molecule has 0 bridgehead atoms. The number of ether oxygens (including phenoxy) is 1. The predicted octanol–water partition coefficient (Wildman–Crippen LogP) is 0.723. The first-order valence-corrected chi connectivity index (χ1v) is 7.47. The number of nitrogens with two attached hydrogens (primary N) is 1. The van der Waals surface area contributed by atoms with Crippen LogP contribution in [0.2, 0.25) is 0 Å². The number of sulfonamides is 1. The van der Waals surface area contributed by atoms with Gasteiger partial charge in [0.05, 0.1) is 12.3 Å². The van der Waals surface area contributed by atoms with Crippen molar-refractivity contribution < 1.29 is 17.9 Å². The summed E-state index contributed by atoms with van der Waals surface area (Å²) < 4.78 is 27.9. The molecular weight excluding hydrogens is 268 g/mol. The van der Waals surface area contributed by atoms with Crippen molar-refractivity contribution in [3.63, 3.8) is 0 Å². The average Bonchev–Trinajstić information content (AvgIpc) is 2.35. The van der Waals surface area contributed by atoms with E-state index in [9.17, 15) is 13.2 Å². The topological polar surface area (TPSA) is 89.7 Å². The lowest BCUT2D eigenvalue weighted by Gasteiger charge is -2.23. The number of benzene rings is 1. The van der Waals surface area contributed by atoms with Crippen molar-refractivity contribution in [1.82, 2.24) is 0 Å². The van der Waals surface area contributed by atoms with Crippen LogP contribution in [-0.4, -0.2) is 34.1 Å². The summed E-state index contributed by atoms with van der Waals surface area (Å²) in [5.41, 5.74) is 0.403. The molecule has 0 saturated heterocycles. The molecule has 1 aromatic rings. The number of primary sulfonamides is 1. The fourth-order valence-corrected chi connectivity index (χ4v) is 2.45. The SMILES string of the molecule is CCOC(=O)CN(CC)c1ccccc1S(N)(=O)=O. The zero-order chi connectivity index (χ0) is 14.5. The van der Waals surface area contributed by atoms with Crippen molar-refractivity contribution in [2.45, 2.75) is 18.7 Å². The number of anilines is 1. The summed E-state index contributed by atoms with van der Waals surface area (Å²) in [5.74, 6) is -0.409. The number of hydrogen-bond acceptors (Lipinski definition) is 5. The second-order valence-corrected chi connectivity index (χ2v) is 5.36. The molecule has 0 aliphatic rings. The number of likely N-dealkylation sites (N-methyl/N-ethyl adjacent to an activating group) is 1. The van der Waals surface area contributed by atoms with Gasteiger partial charge in [0.2, 0.25) is 10.0 Å². The summed E-state index contributed by atoms with van der Waals surface area (Å²) >= 11 is 0. The minimum atomic E-state index is -3.83. The van der Waals surface area contributed by atoms with Crippen molar-refractivity contribution in [1.29, 1.82) is 0 Å². The largest absolute Gasteiger partial charge is 0.465 e. The van der Waals surface area contributed by atoms with Crippen LogP contribution in [0.1, 0.15) is 13.8 Å². The maximum atomic E-state index is 11.5. The highest BCUT2D eigenvalue weighted by atomic mass is 32.2. The lowest BCUT2D eigenvalue weighted by atomic mass is 10.3. The predicted molar refractivity (Wildman–Crippen MR) is 72.3 cm³/mol. The summed E-state index contributed by atoms with van der Waals surface area (Å²) in [4.78, 5) is 13.1. The first-order chi connectivity index (χ1) is 8.90. The van der Waals surface area contributed by atoms with Crippen LogP contribution < -0.4 is 10.0 Å². The third-order valence-corrected chi connectivity index (χ3v) is 3.48. The van der Waals surface area contributed by atoms with Gasteiger partial charge in [-0.3, -0.25) is 4.79 Å². The summed E-state index contributed by atoms with van der Waals surface area (Å²) in [5, 5.41) is 5.17. The minimum absolute atomic E-state index is 0.00106. The van der Waals surface area contributed by atoms with Crippen LogP contribution in [0.4, 0.5) is 5.69 Å². The number of rotatable bonds is 6. The standard InChI is InChI=1S/C12H18N2O4S/c1-3-14(9-12(15)18-4-2)10-7-5-6-8-11(10)19(13,16)17/h5-8H,3-4,9H2,1-2H3,(H2,13,16,17). The van der Waals surface area contributed by atoms with E-state index in [2.05, 4.69) is 0 Å². The molecule has 106 valence electrons. The van der Waals surface area contributed by atoms with Crippen LogP contribution in [0, 0.1) is 0 Å². The molecule has 0 aliphatic heterocycles. The highest BCUT2D eigenvalue weighted by Crippen LogP contribution is 2.23. The molecule has 0 saturated carbocycles. The van der Waals surface area contributed by atoms with Gasteiger partial charge in [-0.25, -0.2) is 13.6 Å². The number of esters is 1. The van der Waals surface area contributed by atoms with E-state index in [4.69, 9.17) is 9.88 Å². The minimum Gasteiger partial charge on any atom is -0.465 e. The van der Waals surface area contributed by atoms with Gasteiger partial charge < -0.3 is 9.64 Å². The van der Waals surface area contributed by atoms with E-state index in [-0.39, 0.29) is 18.0 Å². The van der Waals surface area contributed by atoms with E-state index < -0.39 is 16.0 Å². The summed E-state index contributed by atoms with van der Waals surface area (Å²) in [6.07, 6.45) is 0. The molecule has 0 unspecified atom stereocenters. The van der Waals surface area contributed by atoms with E-state index in [0.717, 1.165) is 0 Å². The fourth-order valence-electron chi connectivity index (χ4n) is 1.69. The van der Waals surface area contributed by atoms with E-state index in [1.165, 1.54) is 6.07 Å². The van der Waals surface area contributed by atoms with Gasteiger partial charge in [-0.1, -0.05) is 12.1 Å². The Hall–Kier alpha value is -1.60. The van der Waals surface area contributed by atoms with Crippen LogP contribution in [0.5, 0.6) is 0 Å². The molecular formula is C12H18N2O4S. The van der Waals surface area contributed by atoms with Gasteiger partial charge in [0.1, 0.15) is 11.4 Å². The smallest absolute Gasteiger partial charge is 0.325 e. The molecule has 1 rings (SSSR count). The summed E-state index contributed by atoms with van der Waals surface area (Å²) in [6.45, 7) is 4.26. The molecule has 1 aromatic carbocycles. The Balaban J connectivity index is 3.09. The lowest BCUT2D eigenvalue weighted by Crippen LogP contribution is -2.32. The molecule has 0 radical (unpaired) electrons. The van der Waals surface area contributed by atoms with Crippen molar-refractivity contribution in [3.05, 3.63) is 24.3 Å². The number of para-hydroxylation sites is 1. The van der Waals surface area contributed by atoms with Gasteiger partial charge in [0.25, 0.3) is 0 Å². The van der Waals surface area contributed by atoms with Crippen LogP contribution in [0.15, 0.2) is 29.2 Å². The number of hydrogen-bond donors (Lipinski definition) is 1. The maximum Gasteiger partial charge on any atom is 0.325 e. The molecule has 0 heterocycles. The first-order valence-electron chi connectivity index (χ1n) is 5.92. The zero-order valence-electron chi connectivity index (χ0n) is 11.0. The number of carbonyl (C=O) groups excluding carboxylic acids is 1. The Morgan fingerprint density at radius 3 is 2.47 bits per heavy atom. The second-order valence-electron chi connectivity index (χ2n) is 3.83. The fraction of sp³-hybridized carbons (Fsp3) is 0.417. The van der Waals surface area contributed by atoms with Gasteiger partial charge in [0, 0.05) is 6.54 Å². The van der Waals surface area contributed by atoms with Crippen LogP contribution >= 0.6 is 0 Å². The van der Waals surface area contributed by atoms with Gasteiger partial charge >= 0.3 is 5.97 Å². The maximum absolute atomic E-state index is 11.5. The quantitative estimate of drug-likeness (QED) is 0.778. The Morgan fingerprint density at radius 2 is 1.95 bits per heavy atom. The number of carbonyl (C=O) groups is 1. The van der Waals surface area contributed by atoms with Gasteiger partial charge in [-0.05, 0) is 26.0 Å². The molecule has 0 aliphatic carbocycles.